The van der Waals surface area contributed by atoms with E-state index in [0.29, 0.717) is 18.2 Å². The van der Waals surface area contributed by atoms with Crippen LogP contribution in [0.15, 0.2) is 30.3 Å². The molecule has 1 aromatic rings. The van der Waals surface area contributed by atoms with Gasteiger partial charge in [-0.2, -0.15) is 0 Å². The molecule has 0 aliphatic heterocycles. The summed E-state index contributed by atoms with van der Waals surface area (Å²) >= 11 is 0. The minimum Gasteiger partial charge on any atom is -0.381 e. The first-order chi connectivity index (χ1) is 10.1. The summed E-state index contributed by atoms with van der Waals surface area (Å²) in [5.41, 5.74) is 1.81. The van der Waals surface area contributed by atoms with E-state index in [4.69, 9.17) is 4.74 Å². The van der Waals surface area contributed by atoms with Crippen molar-refractivity contribution in [3.05, 3.63) is 35.9 Å². The number of hydrogen-bond donors (Lipinski definition) is 1. The van der Waals surface area contributed by atoms with Crippen molar-refractivity contribution in [2.75, 3.05) is 7.11 Å². The second kappa shape index (κ2) is 6.10. The maximum atomic E-state index is 5.56. The molecule has 1 N–H and O–H groups in total. The predicted molar refractivity (Wildman–Crippen MR) is 87.6 cm³/mol. The first kappa shape index (κ1) is 15.1. The highest BCUT2D eigenvalue weighted by Gasteiger charge is 2.49. The zero-order valence-corrected chi connectivity index (χ0v) is 13.6. The molecule has 2 atom stereocenters. The number of ether oxygens (including phenoxy) is 1. The third-order valence-corrected chi connectivity index (χ3v) is 5.90. The zero-order chi connectivity index (χ0) is 14.9. The van der Waals surface area contributed by atoms with Crippen molar-refractivity contribution in [1.82, 2.24) is 5.32 Å². The summed E-state index contributed by atoms with van der Waals surface area (Å²) in [6.45, 7) is 4.66. The van der Waals surface area contributed by atoms with Crippen molar-refractivity contribution in [3.8, 4) is 0 Å². The lowest BCUT2D eigenvalue weighted by Crippen LogP contribution is -2.62. The quantitative estimate of drug-likeness (QED) is 0.899. The second-order valence-corrected chi connectivity index (χ2v) is 7.46. The van der Waals surface area contributed by atoms with Crippen LogP contribution in [0, 0.1) is 5.41 Å². The van der Waals surface area contributed by atoms with E-state index >= 15 is 0 Å². The van der Waals surface area contributed by atoms with E-state index in [-0.39, 0.29) is 5.41 Å². The van der Waals surface area contributed by atoms with E-state index in [0.717, 1.165) is 5.92 Å². The molecule has 1 aromatic carbocycles. The normalized spacial score (nSPS) is 35.2. The van der Waals surface area contributed by atoms with Crippen LogP contribution in [0.5, 0.6) is 0 Å². The summed E-state index contributed by atoms with van der Waals surface area (Å²) < 4.78 is 5.56. The molecule has 2 aliphatic rings. The van der Waals surface area contributed by atoms with Gasteiger partial charge in [-0.3, -0.25) is 0 Å². The Labute approximate surface area is 129 Å². The van der Waals surface area contributed by atoms with Gasteiger partial charge in [0.2, 0.25) is 0 Å². The monoisotopic (exact) mass is 287 g/mol. The van der Waals surface area contributed by atoms with Gasteiger partial charge in [0, 0.05) is 24.6 Å². The van der Waals surface area contributed by atoms with E-state index in [1.54, 1.807) is 0 Å². The topological polar surface area (TPSA) is 21.3 Å². The molecule has 3 rings (SSSR count). The van der Waals surface area contributed by atoms with Crippen molar-refractivity contribution < 1.29 is 4.74 Å². The highest BCUT2D eigenvalue weighted by Crippen LogP contribution is 2.43. The molecule has 0 spiro atoms. The minimum atomic E-state index is 0.283. The van der Waals surface area contributed by atoms with Crippen LogP contribution in [0.25, 0.3) is 0 Å². The Morgan fingerprint density at radius 1 is 1.05 bits per heavy atom. The molecule has 2 saturated carbocycles. The highest BCUT2D eigenvalue weighted by atomic mass is 16.5. The van der Waals surface area contributed by atoms with Gasteiger partial charge in [0.05, 0.1) is 6.10 Å². The fourth-order valence-electron chi connectivity index (χ4n) is 4.17. The van der Waals surface area contributed by atoms with Crippen LogP contribution in [-0.2, 0) is 4.74 Å². The van der Waals surface area contributed by atoms with Gasteiger partial charge < -0.3 is 10.1 Å². The fraction of sp³-hybridized carbons (Fsp3) is 0.684. The Balaban J connectivity index is 1.49. The number of nitrogens with one attached hydrogen (secondary N) is 1. The molecule has 2 unspecified atom stereocenters. The fourth-order valence-corrected chi connectivity index (χ4v) is 4.17. The van der Waals surface area contributed by atoms with Crippen LogP contribution in [0.1, 0.15) is 57.4 Å². The van der Waals surface area contributed by atoms with Gasteiger partial charge in [0.15, 0.2) is 0 Å². The van der Waals surface area contributed by atoms with Crippen LogP contribution in [0.2, 0.25) is 0 Å². The maximum absolute atomic E-state index is 5.56. The van der Waals surface area contributed by atoms with E-state index in [9.17, 15) is 0 Å². The largest absolute Gasteiger partial charge is 0.381 e. The molecule has 0 saturated heterocycles. The molecule has 2 nitrogen and oxygen atoms in total. The molecule has 0 heterocycles. The van der Waals surface area contributed by atoms with Crippen LogP contribution in [0.3, 0.4) is 0 Å². The molecule has 2 heteroatoms. The Morgan fingerprint density at radius 2 is 1.71 bits per heavy atom. The molecule has 0 bridgehead atoms. The van der Waals surface area contributed by atoms with Gasteiger partial charge in [-0.15, -0.1) is 0 Å². The van der Waals surface area contributed by atoms with Gasteiger partial charge in [0.25, 0.3) is 0 Å². The molecule has 0 aromatic heterocycles. The smallest absolute Gasteiger partial charge is 0.0652 e. The van der Waals surface area contributed by atoms with Crippen molar-refractivity contribution in [1.29, 1.82) is 0 Å². The summed E-state index contributed by atoms with van der Waals surface area (Å²) in [7, 11) is 1.84. The average molecular weight is 287 g/mol. The van der Waals surface area contributed by atoms with Gasteiger partial charge in [-0.05, 0) is 43.6 Å². The minimum absolute atomic E-state index is 0.283. The SMILES string of the molecule is COC1CC(NC2CCC(c3ccccc3)CC2)C1(C)C. The molecule has 116 valence electrons. The standard InChI is InChI=1S/C19H29NO/c1-19(2)17(13-18(19)21-3)20-16-11-9-15(10-12-16)14-7-5-4-6-8-14/h4-8,15-18,20H,9-13H2,1-3H3. The Kier molecular flexibility index (Phi) is 4.37. The summed E-state index contributed by atoms with van der Waals surface area (Å²) in [4.78, 5) is 0. The molecular weight excluding hydrogens is 258 g/mol. The van der Waals surface area contributed by atoms with E-state index < -0.39 is 0 Å². The number of hydrogen-bond acceptors (Lipinski definition) is 2. The Bertz CT molecular complexity index is 448. The third-order valence-electron chi connectivity index (χ3n) is 5.90. The average Bonchev–Trinajstić information content (AvgIpc) is 2.52. The van der Waals surface area contributed by atoms with Gasteiger partial charge in [-0.25, -0.2) is 0 Å². The summed E-state index contributed by atoms with van der Waals surface area (Å²) in [5.74, 6) is 0.769. The van der Waals surface area contributed by atoms with Crippen LogP contribution in [-0.4, -0.2) is 25.3 Å². The number of methoxy groups -OCH3 is 1. The lowest BCUT2D eigenvalue weighted by atomic mass is 9.64. The molecular formula is C19H29NO. The molecule has 0 amide bonds. The van der Waals surface area contributed by atoms with Crippen molar-refractivity contribution >= 4 is 0 Å². The zero-order valence-electron chi connectivity index (χ0n) is 13.6. The molecule has 2 aliphatic carbocycles. The highest BCUT2D eigenvalue weighted by molar-refractivity contribution is 5.20. The van der Waals surface area contributed by atoms with Crippen LogP contribution >= 0.6 is 0 Å². The molecule has 2 fully saturated rings. The van der Waals surface area contributed by atoms with Gasteiger partial charge in [0.1, 0.15) is 0 Å². The number of benzene rings is 1. The third kappa shape index (κ3) is 3.02. The predicted octanol–water partition coefficient (Wildman–Crippen LogP) is 4.12. The lowest BCUT2D eigenvalue weighted by molar-refractivity contribution is -0.101. The number of rotatable bonds is 4. The first-order valence-electron chi connectivity index (χ1n) is 8.45. The molecule has 0 radical (unpaired) electrons. The van der Waals surface area contributed by atoms with Gasteiger partial charge in [-0.1, -0.05) is 44.2 Å². The van der Waals surface area contributed by atoms with E-state index in [1.807, 2.05) is 7.11 Å². The first-order valence-corrected chi connectivity index (χ1v) is 8.45. The van der Waals surface area contributed by atoms with Crippen molar-refractivity contribution in [2.24, 2.45) is 5.41 Å². The maximum Gasteiger partial charge on any atom is 0.0652 e. The lowest BCUT2D eigenvalue weighted by Gasteiger charge is -2.53. The summed E-state index contributed by atoms with van der Waals surface area (Å²) in [6, 6.07) is 12.4. The Morgan fingerprint density at radius 3 is 2.29 bits per heavy atom. The van der Waals surface area contributed by atoms with Crippen LogP contribution in [0.4, 0.5) is 0 Å². The van der Waals surface area contributed by atoms with Crippen LogP contribution < -0.4 is 5.32 Å². The second-order valence-electron chi connectivity index (χ2n) is 7.46. The van der Waals surface area contributed by atoms with Gasteiger partial charge >= 0.3 is 0 Å². The Hall–Kier alpha value is -0.860. The van der Waals surface area contributed by atoms with Crippen molar-refractivity contribution in [2.45, 2.75) is 70.1 Å². The van der Waals surface area contributed by atoms with E-state index in [1.165, 1.54) is 37.7 Å². The van der Waals surface area contributed by atoms with E-state index in [2.05, 4.69) is 49.5 Å². The summed E-state index contributed by atoms with van der Waals surface area (Å²) in [6.07, 6.45) is 6.86. The summed E-state index contributed by atoms with van der Waals surface area (Å²) in [5, 5.41) is 3.90. The van der Waals surface area contributed by atoms with Crippen molar-refractivity contribution in [3.63, 3.8) is 0 Å². The molecule has 21 heavy (non-hydrogen) atoms.